The number of aromatic nitrogens is 2. The first-order chi connectivity index (χ1) is 12.7. The Bertz CT molecular complexity index is 722. The Morgan fingerprint density at radius 3 is 3.12 bits per heavy atom. The molecule has 0 aliphatic carbocycles. The summed E-state index contributed by atoms with van der Waals surface area (Å²) in [7, 11) is 2.07. The molecule has 0 saturated carbocycles. The molecule has 2 aromatic heterocycles. The number of carbonyl (C=O) groups is 1. The van der Waals surface area contributed by atoms with Crippen LogP contribution in [0.2, 0.25) is 0 Å². The average Bonchev–Trinajstić information content (AvgIpc) is 3.31. The molecule has 1 amide bonds. The predicted octanol–water partition coefficient (Wildman–Crippen LogP) is 1.68. The molecule has 4 rings (SSSR count). The van der Waals surface area contributed by atoms with Crippen molar-refractivity contribution in [1.29, 1.82) is 0 Å². The van der Waals surface area contributed by atoms with Crippen molar-refractivity contribution in [3.8, 4) is 0 Å². The monoisotopic (exact) mass is 356 g/mol. The van der Waals surface area contributed by atoms with E-state index in [0.29, 0.717) is 17.5 Å². The van der Waals surface area contributed by atoms with Crippen molar-refractivity contribution in [3.05, 3.63) is 48.4 Å². The topological polar surface area (TPSA) is 71.7 Å². The molecular formula is C19H24N4O3. The molecule has 0 bridgehead atoms. The lowest BCUT2D eigenvalue weighted by molar-refractivity contribution is 0.0417. The van der Waals surface area contributed by atoms with Gasteiger partial charge in [-0.25, -0.2) is 4.98 Å². The van der Waals surface area contributed by atoms with E-state index in [9.17, 15) is 4.79 Å². The van der Waals surface area contributed by atoms with Gasteiger partial charge in [-0.2, -0.15) is 0 Å². The molecule has 7 nitrogen and oxygen atoms in total. The van der Waals surface area contributed by atoms with Gasteiger partial charge in [0.05, 0.1) is 31.7 Å². The van der Waals surface area contributed by atoms with E-state index >= 15 is 0 Å². The Labute approximate surface area is 153 Å². The number of amides is 1. The number of rotatable bonds is 5. The van der Waals surface area contributed by atoms with E-state index in [1.165, 1.54) is 6.20 Å². The van der Waals surface area contributed by atoms with Gasteiger partial charge in [0.2, 0.25) is 0 Å². The highest BCUT2D eigenvalue weighted by Crippen LogP contribution is 2.35. The fraction of sp³-hybridized carbons (Fsp3) is 0.526. The van der Waals surface area contributed by atoms with Crippen molar-refractivity contribution in [2.24, 2.45) is 11.8 Å². The molecule has 7 heteroatoms. The van der Waals surface area contributed by atoms with Crippen LogP contribution in [0.1, 0.15) is 22.7 Å². The van der Waals surface area contributed by atoms with Crippen LogP contribution in [0.4, 0.5) is 0 Å². The molecule has 4 heterocycles. The Balaban J connectivity index is 1.38. The van der Waals surface area contributed by atoms with Crippen LogP contribution >= 0.6 is 0 Å². The summed E-state index contributed by atoms with van der Waals surface area (Å²) in [4.78, 5) is 25.0. The van der Waals surface area contributed by atoms with Crippen LogP contribution in [0.25, 0.3) is 0 Å². The molecule has 2 aromatic rings. The third kappa shape index (κ3) is 3.64. The van der Waals surface area contributed by atoms with Gasteiger partial charge >= 0.3 is 0 Å². The molecule has 2 aliphatic rings. The van der Waals surface area contributed by atoms with E-state index in [1.54, 1.807) is 18.7 Å². The van der Waals surface area contributed by atoms with Crippen LogP contribution in [0.3, 0.4) is 0 Å². The molecular weight excluding hydrogens is 332 g/mol. The third-order valence-corrected chi connectivity index (χ3v) is 5.38. The van der Waals surface area contributed by atoms with Crippen molar-refractivity contribution in [2.45, 2.75) is 19.1 Å². The van der Waals surface area contributed by atoms with Crippen LogP contribution in [-0.4, -0.2) is 65.1 Å². The Morgan fingerprint density at radius 1 is 1.42 bits per heavy atom. The summed E-state index contributed by atoms with van der Waals surface area (Å²) in [6.45, 7) is 3.85. The lowest BCUT2D eigenvalue weighted by Gasteiger charge is -2.36. The van der Waals surface area contributed by atoms with Crippen molar-refractivity contribution < 1.29 is 13.9 Å². The summed E-state index contributed by atoms with van der Waals surface area (Å²) in [5.41, 5.74) is 0.413. The first-order valence-electron chi connectivity index (χ1n) is 9.08. The van der Waals surface area contributed by atoms with E-state index in [-0.39, 0.29) is 12.0 Å². The van der Waals surface area contributed by atoms with Gasteiger partial charge in [-0.15, -0.1) is 0 Å². The number of furan rings is 1. The van der Waals surface area contributed by atoms with Crippen LogP contribution in [0.5, 0.6) is 0 Å². The number of piperidine rings is 1. The highest BCUT2D eigenvalue weighted by atomic mass is 16.5. The molecule has 0 unspecified atom stereocenters. The van der Waals surface area contributed by atoms with Crippen LogP contribution in [0.15, 0.2) is 41.4 Å². The van der Waals surface area contributed by atoms with Crippen molar-refractivity contribution in [1.82, 2.24) is 19.8 Å². The molecule has 2 fully saturated rings. The average molecular weight is 356 g/mol. The summed E-state index contributed by atoms with van der Waals surface area (Å²) in [5, 5.41) is 0. The second-order valence-corrected chi connectivity index (χ2v) is 7.20. The van der Waals surface area contributed by atoms with Gasteiger partial charge in [0.15, 0.2) is 0 Å². The first-order valence-corrected chi connectivity index (χ1v) is 9.08. The number of likely N-dealkylation sites (tertiary alicyclic amines) is 1. The first kappa shape index (κ1) is 17.2. The smallest absolute Gasteiger partial charge is 0.274 e. The molecule has 0 N–H and O–H groups in total. The van der Waals surface area contributed by atoms with Gasteiger partial charge < -0.3 is 14.1 Å². The van der Waals surface area contributed by atoms with E-state index < -0.39 is 0 Å². The fourth-order valence-corrected chi connectivity index (χ4v) is 4.01. The highest BCUT2D eigenvalue weighted by Gasteiger charge is 2.42. The van der Waals surface area contributed by atoms with Gasteiger partial charge in [0, 0.05) is 37.9 Å². The summed E-state index contributed by atoms with van der Waals surface area (Å²) < 4.78 is 11.5. The van der Waals surface area contributed by atoms with Gasteiger partial charge in [-0.05, 0) is 31.5 Å². The normalized spacial score (nSPS) is 25.5. The quantitative estimate of drug-likeness (QED) is 0.812. The van der Waals surface area contributed by atoms with Crippen LogP contribution in [0, 0.1) is 11.8 Å². The van der Waals surface area contributed by atoms with E-state index in [1.807, 2.05) is 17.0 Å². The van der Waals surface area contributed by atoms with E-state index in [2.05, 4.69) is 21.9 Å². The van der Waals surface area contributed by atoms with Gasteiger partial charge in [0.1, 0.15) is 11.5 Å². The Kier molecular flexibility index (Phi) is 4.99. The zero-order valence-electron chi connectivity index (χ0n) is 15.0. The Hall–Kier alpha value is -2.25. The summed E-state index contributed by atoms with van der Waals surface area (Å²) >= 11 is 0. The maximum absolute atomic E-state index is 12.7. The number of hydrogen-bond donors (Lipinski definition) is 0. The maximum atomic E-state index is 12.7. The molecule has 2 aliphatic heterocycles. The second-order valence-electron chi connectivity index (χ2n) is 7.20. The maximum Gasteiger partial charge on any atom is 0.274 e. The number of hydrogen-bond acceptors (Lipinski definition) is 6. The number of fused-ring (bicyclic) bond motifs is 1. The molecule has 138 valence electrons. The number of likely N-dealkylation sites (N-methyl/N-ethyl adjacent to an activating group) is 1. The van der Waals surface area contributed by atoms with E-state index in [4.69, 9.17) is 9.15 Å². The van der Waals surface area contributed by atoms with Gasteiger partial charge in [-0.1, -0.05) is 0 Å². The zero-order valence-corrected chi connectivity index (χ0v) is 15.0. The summed E-state index contributed by atoms with van der Waals surface area (Å²) in [6.07, 6.45) is 7.49. The predicted molar refractivity (Wildman–Crippen MR) is 94.3 cm³/mol. The SMILES string of the molecule is CN(Cc1ccco1)C[C@@H]1OC[C@H]2CCN(C(=O)c3cnccn3)C[C@H]21. The number of ether oxygens (including phenoxy) is 1. The summed E-state index contributed by atoms with van der Waals surface area (Å²) in [5.74, 6) is 1.81. The molecule has 26 heavy (non-hydrogen) atoms. The molecule has 0 radical (unpaired) electrons. The molecule has 0 spiro atoms. The van der Waals surface area contributed by atoms with Gasteiger partial charge in [0.25, 0.3) is 5.91 Å². The minimum Gasteiger partial charge on any atom is -0.468 e. The fourth-order valence-electron chi connectivity index (χ4n) is 4.01. The lowest BCUT2D eigenvalue weighted by atomic mass is 9.84. The van der Waals surface area contributed by atoms with Crippen molar-refractivity contribution in [2.75, 3.05) is 33.3 Å². The van der Waals surface area contributed by atoms with Crippen LogP contribution < -0.4 is 0 Å². The summed E-state index contributed by atoms with van der Waals surface area (Å²) in [6, 6.07) is 3.89. The largest absolute Gasteiger partial charge is 0.468 e. The zero-order chi connectivity index (χ0) is 17.9. The Morgan fingerprint density at radius 2 is 2.35 bits per heavy atom. The van der Waals surface area contributed by atoms with Crippen molar-refractivity contribution >= 4 is 5.91 Å². The third-order valence-electron chi connectivity index (χ3n) is 5.38. The van der Waals surface area contributed by atoms with E-state index in [0.717, 1.165) is 45.0 Å². The molecule has 3 atom stereocenters. The highest BCUT2D eigenvalue weighted by molar-refractivity contribution is 5.92. The number of carbonyl (C=O) groups excluding carboxylic acids is 1. The standard InChI is InChI=1S/C19H24N4O3/c1-22(10-15-3-2-8-25-15)12-18-16-11-23(7-4-14(16)13-26-18)19(24)17-9-20-5-6-21-17/h2-3,5-6,8-9,14,16,18H,4,7,10-13H2,1H3/t14-,16-,18+/m1/s1. The van der Waals surface area contributed by atoms with Gasteiger partial charge in [-0.3, -0.25) is 14.7 Å². The minimum atomic E-state index is -0.0360. The second kappa shape index (κ2) is 7.55. The number of nitrogens with zero attached hydrogens (tertiary/aromatic N) is 4. The lowest BCUT2D eigenvalue weighted by Crippen LogP contribution is -2.47. The minimum absolute atomic E-state index is 0.0360. The molecule has 2 saturated heterocycles. The molecule has 0 aromatic carbocycles. The van der Waals surface area contributed by atoms with Crippen molar-refractivity contribution in [3.63, 3.8) is 0 Å². The van der Waals surface area contributed by atoms with Crippen LogP contribution in [-0.2, 0) is 11.3 Å².